The second kappa shape index (κ2) is 15.4. The van der Waals surface area contributed by atoms with Gasteiger partial charge in [0.05, 0.1) is 0 Å². The van der Waals surface area contributed by atoms with Gasteiger partial charge in [-0.25, -0.2) is 27.5 Å². The Kier molecular flexibility index (Phi) is 11.9. The molecule has 0 atom stereocenters. The zero-order valence-electron chi connectivity index (χ0n) is 28.0. The summed E-state index contributed by atoms with van der Waals surface area (Å²) in [6.07, 6.45) is 2.68. The molecule has 0 saturated heterocycles. The Morgan fingerprint density at radius 3 is 1.38 bits per heavy atom. The van der Waals surface area contributed by atoms with Crippen molar-refractivity contribution in [1.82, 2.24) is 19.8 Å². The predicted octanol–water partition coefficient (Wildman–Crippen LogP) is 7.26. The SMILES string of the molecule is CN(C(=O)c1ncc(C#Cc2ccc(F)cc2)cc1F)C(C)(C)C.CN(C(=O)c1ncc(C#Cc2cccc(F)c2)cc1F)C(C)(C)C. The Bertz CT molecular complexity index is 1920. The number of carbonyl (C=O) groups is 2. The molecule has 2 heterocycles. The molecule has 0 radical (unpaired) electrons. The van der Waals surface area contributed by atoms with Gasteiger partial charge in [-0.3, -0.25) is 9.59 Å². The highest BCUT2D eigenvalue weighted by Crippen LogP contribution is 2.18. The molecule has 6 nitrogen and oxygen atoms in total. The first-order valence-corrected chi connectivity index (χ1v) is 14.8. The van der Waals surface area contributed by atoms with Crippen molar-refractivity contribution in [3.05, 3.63) is 130 Å². The summed E-state index contributed by atoms with van der Waals surface area (Å²) >= 11 is 0. The predicted molar refractivity (Wildman–Crippen MR) is 177 cm³/mol. The Labute approximate surface area is 278 Å². The van der Waals surface area contributed by atoms with Crippen LogP contribution in [-0.2, 0) is 0 Å². The van der Waals surface area contributed by atoms with Crippen LogP contribution in [0.15, 0.2) is 73.1 Å². The summed E-state index contributed by atoms with van der Waals surface area (Å²) in [7, 11) is 3.20. The van der Waals surface area contributed by atoms with Crippen molar-refractivity contribution in [2.75, 3.05) is 14.1 Å². The quantitative estimate of drug-likeness (QED) is 0.168. The van der Waals surface area contributed by atoms with E-state index in [-0.39, 0.29) is 17.2 Å². The molecule has 4 rings (SSSR count). The third-order valence-corrected chi connectivity index (χ3v) is 7.08. The van der Waals surface area contributed by atoms with Gasteiger partial charge < -0.3 is 9.80 Å². The number of amides is 2. The number of pyridine rings is 2. The number of hydrogen-bond acceptors (Lipinski definition) is 4. The van der Waals surface area contributed by atoms with Crippen LogP contribution in [0, 0.1) is 47.0 Å². The Morgan fingerprint density at radius 1 is 0.562 bits per heavy atom. The van der Waals surface area contributed by atoms with Crippen LogP contribution >= 0.6 is 0 Å². The standard InChI is InChI=1S/2C19H18F2N2O/c1-19(2,3)23(4)18(24)17-16(21)11-14(12-22-17)6-5-13-7-9-15(20)10-8-13;1-19(2,3)23(4)18(24)17-16(21)11-14(12-22-17)9-8-13-6-5-7-15(20)10-13/h7-12H,1-4H3;5-7,10-12H,1-4H3. The van der Waals surface area contributed by atoms with Crippen LogP contribution in [0.25, 0.3) is 0 Å². The second-order valence-corrected chi connectivity index (χ2v) is 12.7. The Morgan fingerprint density at radius 2 is 0.979 bits per heavy atom. The van der Waals surface area contributed by atoms with Crippen molar-refractivity contribution >= 4 is 11.8 Å². The second-order valence-electron chi connectivity index (χ2n) is 12.7. The van der Waals surface area contributed by atoms with Crippen molar-refractivity contribution in [3.8, 4) is 23.7 Å². The van der Waals surface area contributed by atoms with E-state index in [0.29, 0.717) is 22.3 Å². The van der Waals surface area contributed by atoms with Crippen LogP contribution in [0.5, 0.6) is 0 Å². The number of benzene rings is 2. The number of nitrogens with zero attached hydrogens (tertiary/aromatic N) is 4. The molecule has 10 heteroatoms. The molecule has 0 fully saturated rings. The van der Waals surface area contributed by atoms with E-state index >= 15 is 0 Å². The van der Waals surface area contributed by atoms with E-state index in [9.17, 15) is 27.2 Å². The van der Waals surface area contributed by atoms with Crippen LogP contribution in [0.1, 0.15) is 84.8 Å². The molecule has 4 aromatic rings. The molecule has 0 aliphatic heterocycles. The molecule has 0 saturated carbocycles. The van der Waals surface area contributed by atoms with Crippen LogP contribution in [0.4, 0.5) is 17.6 Å². The highest BCUT2D eigenvalue weighted by atomic mass is 19.1. The Balaban J connectivity index is 0.000000260. The van der Waals surface area contributed by atoms with E-state index in [0.717, 1.165) is 6.07 Å². The van der Waals surface area contributed by atoms with Gasteiger partial charge in [-0.05, 0) is 96.1 Å². The first-order chi connectivity index (χ1) is 22.4. The van der Waals surface area contributed by atoms with Gasteiger partial charge in [0.2, 0.25) is 0 Å². The topological polar surface area (TPSA) is 66.4 Å². The number of aromatic nitrogens is 2. The summed E-state index contributed by atoms with van der Waals surface area (Å²) in [5.41, 5.74) is 0.363. The monoisotopic (exact) mass is 656 g/mol. The fourth-order valence-electron chi connectivity index (χ4n) is 3.64. The van der Waals surface area contributed by atoms with Crippen molar-refractivity contribution in [2.24, 2.45) is 0 Å². The molecule has 2 aromatic carbocycles. The average Bonchev–Trinajstić information content (AvgIpc) is 3.02. The van der Waals surface area contributed by atoms with Gasteiger partial charge in [-0.2, -0.15) is 0 Å². The van der Waals surface area contributed by atoms with Gasteiger partial charge in [0.1, 0.15) is 11.6 Å². The zero-order valence-corrected chi connectivity index (χ0v) is 28.0. The fourth-order valence-corrected chi connectivity index (χ4v) is 3.64. The Hall–Kier alpha value is -5.48. The smallest absolute Gasteiger partial charge is 0.275 e. The summed E-state index contributed by atoms with van der Waals surface area (Å²) in [5.74, 6) is 7.81. The number of hydrogen-bond donors (Lipinski definition) is 0. The highest BCUT2D eigenvalue weighted by molar-refractivity contribution is 5.93. The third-order valence-electron chi connectivity index (χ3n) is 7.08. The fraction of sp³-hybridized carbons (Fsp3) is 0.263. The maximum Gasteiger partial charge on any atom is 0.275 e. The molecule has 48 heavy (non-hydrogen) atoms. The lowest BCUT2D eigenvalue weighted by molar-refractivity contribution is 0.0635. The molecular formula is C38H36F4N4O2. The number of carbonyl (C=O) groups excluding carboxylic acids is 2. The molecular weight excluding hydrogens is 620 g/mol. The van der Waals surface area contributed by atoms with E-state index in [2.05, 4.69) is 33.6 Å². The lowest BCUT2D eigenvalue weighted by atomic mass is 10.1. The van der Waals surface area contributed by atoms with Gasteiger partial charge in [0, 0.05) is 59.8 Å². The minimum absolute atomic E-state index is 0.236. The lowest BCUT2D eigenvalue weighted by Crippen LogP contribution is -2.43. The minimum Gasteiger partial charge on any atom is -0.335 e. The lowest BCUT2D eigenvalue weighted by Gasteiger charge is -2.31. The molecule has 2 aromatic heterocycles. The third kappa shape index (κ3) is 10.3. The van der Waals surface area contributed by atoms with E-state index in [4.69, 9.17) is 0 Å². The van der Waals surface area contributed by atoms with E-state index in [1.165, 1.54) is 64.7 Å². The molecule has 248 valence electrons. The van der Waals surface area contributed by atoms with Crippen molar-refractivity contribution in [2.45, 2.75) is 52.6 Å². The van der Waals surface area contributed by atoms with E-state index < -0.39 is 40.3 Å². The van der Waals surface area contributed by atoms with Gasteiger partial charge in [0.15, 0.2) is 23.0 Å². The maximum absolute atomic E-state index is 14.2. The molecule has 0 spiro atoms. The largest absolute Gasteiger partial charge is 0.335 e. The normalized spacial score (nSPS) is 10.8. The summed E-state index contributed by atoms with van der Waals surface area (Å²) in [5, 5.41) is 0. The molecule has 2 amide bonds. The maximum atomic E-state index is 14.2. The van der Waals surface area contributed by atoms with Crippen LogP contribution < -0.4 is 0 Å². The van der Waals surface area contributed by atoms with Crippen molar-refractivity contribution in [3.63, 3.8) is 0 Å². The summed E-state index contributed by atoms with van der Waals surface area (Å²) in [6.45, 7) is 11.1. The van der Waals surface area contributed by atoms with Crippen LogP contribution in [-0.4, -0.2) is 56.8 Å². The van der Waals surface area contributed by atoms with E-state index in [1.807, 2.05) is 41.5 Å². The summed E-state index contributed by atoms with van der Waals surface area (Å²) in [4.78, 5) is 35.2. The highest BCUT2D eigenvalue weighted by Gasteiger charge is 2.27. The summed E-state index contributed by atoms with van der Waals surface area (Å²) < 4.78 is 54.3. The first kappa shape index (κ1) is 37.0. The number of rotatable bonds is 2. The zero-order chi connectivity index (χ0) is 35.8. The van der Waals surface area contributed by atoms with Crippen LogP contribution in [0.2, 0.25) is 0 Å². The van der Waals surface area contributed by atoms with E-state index in [1.54, 1.807) is 26.2 Å². The van der Waals surface area contributed by atoms with Gasteiger partial charge >= 0.3 is 0 Å². The van der Waals surface area contributed by atoms with Crippen molar-refractivity contribution in [1.29, 1.82) is 0 Å². The van der Waals surface area contributed by atoms with Gasteiger partial charge in [-0.15, -0.1) is 0 Å². The van der Waals surface area contributed by atoms with Crippen LogP contribution in [0.3, 0.4) is 0 Å². The van der Waals surface area contributed by atoms with Gasteiger partial charge in [0.25, 0.3) is 11.8 Å². The van der Waals surface area contributed by atoms with Crippen molar-refractivity contribution < 1.29 is 27.2 Å². The molecule has 0 unspecified atom stereocenters. The molecule has 0 bridgehead atoms. The van der Waals surface area contributed by atoms with Gasteiger partial charge in [-0.1, -0.05) is 29.7 Å². The average molecular weight is 657 g/mol. The molecule has 0 aliphatic rings. The first-order valence-electron chi connectivity index (χ1n) is 14.8. The molecule has 0 N–H and O–H groups in total. The molecule has 0 aliphatic carbocycles. The summed E-state index contributed by atoms with van der Waals surface area (Å²) in [6, 6.07) is 13.8. The number of halogens is 4. The minimum atomic E-state index is -0.734.